The lowest BCUT2D eigenvalue weighted by atomic mass is 10.0. The predicted molar refractivity (Wildman–Crippen MR) is 105 cm³/mol. The minimum absolute atomic E-state index is 0. The van der Waals surface area contributed by atoms with Crippen molar-refractivity contribution < 1.29 is 4.79 Å². The van der Waals surface area contributed by atoms with Crippen molar-refractivity contribution in [1.82, 2.24) is 10.2 Å². The summed E-state index contributed by atoms with van der Waals surface area (Å²) in [5, 5.41) is 3.22. The molecule has 1 amide bonds. The summed E-state index contributed by atoms with van der Waals surface area (Å²) in [5.41, 5.74) is 1.90. The first kappa shape index (κ1) is 19.5. The standard InChI is InChI=1S/C21H26N2O.ClH/c24-21(19-12-6-2-7-13-19)22-20(18-10-4-1-5-11-18)14-17-23-15-8-3-9-16-23;/h1-2,4-7,10-13,20H,3,8-9,14-17H2,(H,22,24);1H. The van der Waals surface area contributed by atoms with E-state index < -0.39 is 0 Å². The fourth-order valence-electron chi connectivity index (χ4n) is 3.33. The van der Waals surface area contributed by atoms with Crippen molar-refractivity contribution in [3.8, 4) is 0 Å². The van der Waals surface area contributed by atoms with Gasteiger partial charge in [-0.05, 0) is 50.0 Å². The molecule has 1 N–H and O–H groups in total. The van der Waals surface area contributed by atoms with Crippen LogP contribution in [0.25, 0.3) is 0 Å². The van der Waals surface area contributed by atoms with Crippen LogP contribution in [0.4, 0.5) is 0 Å². The van der Waals surface area contributed by atoms with Crippen molar-refractivity contribution in [2.24, 2.45) is 0 Å². The highest BCUT2D eigenvalue weighted by Crippen LogP contribution is 2.19. The molecule has 3 nitrogen and oxygen atoms in total. The van der Waals surface area contributed by atoms with Crippen molar-refractivity contribution in [3.05, 3.63) is 71.8 Å². The zero-order chi connectivity index (χ0) is 16.6. The van der Waals surface area contributed by atoms with Crippen LogP contribution in [0.2, 0.25) is 0 Å². The summed E-state index contributed by atoms with van der Waals surface area (Å²) in [6.45, 7) is 3.41. The average Bonchev–Trinajstić information content (AvgIpc) is 2.67. The Balaban J connectivity index is 0.00000225. The molecule has 1 heterocycles. The summed E-state index contributed by atoms with van der Waals surface area (Å²) in [5.74, 6) is 0.00287. The normalized spacial score (nSPS) is 15.8. The highest BCUT2D eigenvalue weighted by Gasteiger charge is 2.18. The molecule has 4 heteroatoms. The Morgan fingerprint density at radius 3 is 2.16 bits per heavy atom. The minimum atomic E-state index is 0. The molecule has 25 heavy (non-hydrogen) atoms. The molecule has 2 aromatic rings. The lowest BCUT2D eigenvalue weighted by molar-refractivity contribution is 0.0930. The lowest BCUT2D eigenvalue weighted by Crippen LogP contribution is -2.35. The Morgan fingerprint density at radius 1 is 0.920 bits per heavy atom. The first-order valence-electron chi connectivity index (χ1n) is 8.96. The molecule has 0 radical (unpaired) electrons. The maximum absolute atomic E-state index is 12.6. The Hall–Kier alpha value is -1.84. The van der Waals surface area contributed by atoms with Gasteiger partial charge in [0.15, 0.2) is 0 Å². The summed E-state index contributed by atoms with van der Waals surface area (Å²) in [6.07, 6.45) is 4.89. The third-order valence-corrected chi connectivity index (χ3v) is 4.73. The van der Waals surface area contributed by atoms with Gasteiger partial charge in [-0.25, -0.2) is 0 Å². The highest BCUT2D eigenvalue weighted by molar-refractivity contribution is 5.94. The van der Waals surface area contributed by atoms with Crippen LogP contribution in [0.1, 0.15) is 47.6 Å². The summed E-state index contributed by atoms with van der Waals surface area (Å²) < 4.78 is 0. The van der Waals surface area contributed by atoms with Crippen molar-refractivity contribution in [2.45, 2.75) is 31.7 Å². The van der Waals surface area contributed by atoms with Crippen molar-refractivity contribution in [1.29, 1.82) is 0 Å². The molecule has 1 aliphatic rings. The molecule has 2 aromatic carbocycles. The fraction of sp³-hybridized carbons (Fsp3) is 0.381. The number of benzene rings is 2. The Labute approximate surface area is 156 Å². The van der Waals surface area contributed by atoms with E-state index >= 15 is 0 Å². The van der Waals surface area contributed by atoms with Crippen molar-refractivity contribution >= 4 is 18.3 Å². The van der Waals surface area contributed by atoms with Gasteiger partial charge in [-0.15, -0.1) is 12.4 Å². The topological polar surface area (TPSA) is 32.3 Å². The van der Waals surface area contributed by atoms with Crippen LogP contribution in [0.5, 0.6) is 0 Å². The lowest BCUT2D eigenvalue weighted by Gasteiger charge is -2.28. The van der Waals surface area contributed by atoms with Crippen LogP contribution in [0, 0.1) is 0 Å². The number of carbonyl (C=O) groups excluding carboxylic acids is 1. The van der Waals surface area contributed by atoms with Gasteiger partial charge in [0.05, 0.1) is 6.04 Å². The Morgan fingerprint density at radius 2 is 1.52 bits per heavy atom. The second-order valence-corrected chi connectivity index (χ2v) is 6.49. The largest absolute Gasteiger partial charge is 0.345 e. The molecule has 3 rings (SSSR count). The van der Waals surface area contributed by atoms with Crippen LogP contribution < -0.4 is 5.32 Å². The van der Waals surface area contributed by atoms with Gasteiger partial charge in [0.2, 0.25) is 0 Å². The van der Waals surface area contributed by atoms with Crippen LogP contribution in [-0.4, -0.2) is 30.4 Å². The molecule has 1 aliphatic heterocycles. The van der Waals surface area contributed by atoms with E-state index in [9.17, 15) is 4.79 Å². The Bertz CT molecular complexity index is 627. The molecule has 0 spiro atoms. The van der Waals surface area contributed by atoms with Gasteiger partial charge in [-0.2, -0.15) is 0 Å². The monoisotopic (exact) mass is 358 g/mol. The molecule has 134 valence electrons. The molecule has 0 aromatic heterocycles. The van der Waals surface area contributed by atoms with Crippen LogP contribution in [0.15, 0.2) is 60.7 Å². The fourth-order valence-corrected chi connectivity index (χ4v) is 3.33. The van der Waals surface area contributed by atoms with Crippen LogP contribution in [0.3, 0.4) is 0 Å². The van der Waals surface area contributed by atoms with E-state index in [2.05, 4.69) is 22.3 Å². The summed E-state index contributed by atoms with van der Waals surface area (Å²) >= 11 is 0. The maximum Gasteiger partial charge on any atom is 0.251 e. The zero-order valence-electron chi connectivity index (χ0n) is 14.6. The second kappa shape index (κ2) is 10.2. The number of nitrogens with zero attached hydrogens (tertiary/aromatic N) is 1. The molecule has 1 saturated heterocycles. The van der Waals surface area contributed by atoms with E-state index in [1.54, 1.807) is 0 Å². The number of nitrogens with one attached hydrogen (secondary N) is 1. The number of rotatable bonds is 6. The molecule has 1 fully saturated rings. The Kier molecular flexibility index (Phi) is 7.96. The smallest absolute Gasteiger partial charge is 0.251 e. The summed E-state index contributed by atoms with van der Waals surface area (Å²) in [6, 6.07) is 19.8. The van der Waals surface area contributed by atoms with E-state index in [1.165, 1.54) is 37.9 Å². The van der Waals surface area contributed by atoms with E-state index in [-0.39, 0.29) is 24.4 Å². The molecule has 0 saturated carbocycles. The molecule has 0 aliphatic carbocycles. The third-order valence-electron chi connectivity index (χ3n) is 4.73. The number of likely N-dealkylation sites (tertiary alicyclic amines) is 1. The first-order valence-corrected chi connectivity index (χ1v) is 8.96. The van der Waals surface area contributed by atoms with E-state index in [1.807, 2.05) is 48.5 Å². The number of amides is 1. The van der Waals surface area contributed by atoms with E-state index in [0.717, 1.165) is 18.5 Å². The zero-order valence-corrected chi connectivity index (χ0v) is 15.4. The van der Waals surface area contributed by atoms with Gasteiger partial charge in [0.25, 0.3) is 5.91 Å². The summed E-state index contributed by atoms with van der Waals surface area (Å²) in [4.78, 5) is 15.1. The third kappa shape index (κ3) is 5.87. The molecule has 1 unspecified atom stereocenters. The number of halogens is 1. The predicted octanol–water partition coefficient (Wildman–Crippen LogP) is 4.46. The second-order valence-electron chi connectivity index (χ2n) is 6.49. The van der Waals surface area contributed by atoms with Crippen LogP contribution >= 0.6 is 12.4 Å². The van der Waals surface area contributed by atoms with Gasteiger partial charge in [0, 0.05) is 12.1 Å². The SMILES string of the molecule is Cl.O=C(NC(CCN1CCCCC1)c1ccccc1)c1ccccc1. The first-order chi connectivity index (χ1) is 11.8. The van der Waals surface area contributed by atoms with Gasteiger partial charge in [0.1, 0.15) is 0 Å². The van der Waals surface area contributed by atoms with Crippen molar-refractivity contribution in [2.75, 3.05) is 19.6 Å². The highest BCUT2D eigenvalue weighted by atomic mass is 35.5. The molecule has 0 bridgehead atoms. The number of hydrogen-bond donors (Lipinski definition) is 1. The molecular weight excluding hydrogens is 332 g/mol. The number of carbonyl (C=O) groups is 1. The van der Waals surface area contributed by atoms with Gasteiger partial charge in [-0.1, -0.05) is 55.0 Å². The number of hydrogen-bond acceptors (Lipinski definition) is 2. The van der Waals surface area contributed by atoms with Gasteiger partial charge >= 0.3 is 0 Å². The van der Waals surface area contributed by atoms with Gasteiger partial charge < -0.3 is 10.2 Å². The maximum atomic E-state index is 12.6. The van der Waals surface area contributed by atoms with Crippen molar-refractivity contribution in [3.63, 3.8) is 0 Å². The van der Waals surface area contributed by atoms with Gasteiger partial charge in [-0.3, -0.25) is 4.79 Å². The minimum Gasteiger partial charge on any atom is -0.345 e. The quantitative estimate of drug-likeness (QED) is 0.827. The molecular formula is C21H27ClN2O. The summed E-state index contributed by atoms with van der Waals surface area (Å²) in [7, 11) is 0. The van der Waals surface area contributed by atoms with Crippen LogP contribution in [-0.2, 0) is 0 Å². The van der Waals surface area contributed by atoms with E-state index in [0.29, 0.717) is 0 Å². The number of piperidine rings is 1. The average molecular weight is 359 g/mol. The van der Waals surface area contributed by atoms with E-state index in [4.69, 9.17) is 0 Å². The molecule has 1 atom stereocenters.